The minimum absolute atomic E-state index is 0.0187. The van der Waals surface area contributed by atoms with Crippen LogP contribution >= 0.6 is 0 Å². The molecule has 0 heterocycles. The average molecular weight is 244 g/mol. The number of benzene rings is 1. The molecule has 0 aromatic heterocycles. The summed E-state index contributed by atoms with van der Waals surface area (Å²) in [6.45, 7) is 3.70. The maximum absolute atomic E-state index is 11.9. The van der Waals surface area contributed by atoms with Crippen molar-refractivity contribution >= 4 is 0 Å². The van der Waals surface area contributed by atoms with Gasteiger partial charge in [0.2, 0.25) is 0 Å². The molecule has 0 fully saturated rings. The van der Waals surface area contributed by atoms with E-state index in [4.69, 9.17) is 4.74 Å². The predicted molar refractivity (Wildman–Crippen MR) is 61.1 cm³/mol. The molecular weight excluding hydrogens is 229 g/mol. The Labute approximate surface area is 98.9 Å². The van der Waals surface area contributed by atoms with Crippen molar-refractivity contribution in [1.82, 2.24) is 0 Å². The maximum atomic E-state index is 11.9. The molecule has 0 unspecified atom stereocenters. The van der Waals surface area contributed by atoms with Crippen LogP contribution in [-0.4, -0.2) is 12.8 Å². The van der Waals surface area contributed by atoms with Crippen molar-refractivity contribution in [3.05, 3.63) is 42.5 Å². The molecule has 0 amide bonds. The summed E-state index contributed by atoms with van der Waals surface area (Å²) in [7, 11) is 0. The van der Waals surface area contributed by atoms with E-state index in [9.17, 15) is 13.2 Å². The summed E-state index contributed by atoms with van der Waals surface area (Å²) in [5.74, 6) is 0.603. The first-order valence-corrected chi connectivity index (χ1v) is 5.40. The average Bonchev–Trinajstić information content (AvgIpc) is 2.24. The molecule has 0 aliphatic heterocycles. The van der Waals surface area contributed by atoms with Gasteiger partial charge >= 0.3 is 6.18 Å². The van der Waals surface area contributed by atoms with Crippen LogP contribution in [0.4, 0.5) is 13.2 Å². The summed E-state index contributed by atoms with van der Waals surface area (Å²) < 4.78 is 40.9. The van der Waals surface area contributed by atoms with Gasteiger partial charge in [-0.3, -0.25) is 0 Å². The molecule has 0 atom stereocenters. The molecule has 17 heavy (non-hydrogen) atoms. The highest BCUT2D eigenvalue weighted by Gasteiger charge is 2.26. The second kappa shape index (κ2) is 6.33. The minimum atomic E-state index is -4.10. The molecule has 0 saturated carbocycles. The lowest BCUT2D eigenvalue weighted by Crippen LogP contribution is -2.09. The molecule has 0 radical (unpaired) electrons. The van der Waals surface area contributed by atoms with Gasteiger partial charge in [-0.2, -0.15) is 13.2 Å². The van der Waals surface area contributed by atoms with Crippen LogP contribution in [0.3, 0.4) is 0 Å². The Morgan fingerprint density at radius 1 is 1.29 bits per heavy atom. The van der Waals surface area contributed by atoms with E-state index < -0.39 is 12.6 Å². The number of hydrogen-bond donors (Lipinski definition) is 0. The zero-order chi connectivity index (χ0) is 12.7. The van der Waals surface area contributed by atoms with Crippen LogP contribution in [0.2, 0.25) is 0 Å². The van der Waals surface area contributed by atoms with E-state index >= 15 is 0 Å². The van der Waals surface area contributed by atoms with E-state index in [0.717, 1.165) is 12.0 Å². The van der Waals surface area contributed by atoms with Crippen LogP contribution in [0.1, 0.15) is 18.4 Å². The highest BCUT2D eigenvalue weighted by Crippen LogP contribution is 2.21. The summed E-state index contributed by atoms with van der Waals surface area (Å²) in [5, 5.41) is 0. The zero-order valence-electron chi connectivity index (χ0n) is 9.46. The summed E-state index contributed by atoms with van der Waals surface area (Å²) in [5.41, 5.74) is 1.04. The molecule has 94 valence electrons. The van der Waals surface area contributed by atoms with Gasteiger partial charge in [-0.1, -0.05) is 18.2 Å². The highest BCUT2D eigenvalue weighted by molar-refractivity contribution is 5.29. The first kappa shape index (κ1) is 13.6. The fourth-order valence-electron chi connectivity index (χ4n) is 1.39. The van der Waals surface area contributed by atoms with Gasteiger partial charge in [0.25, 0.3) is 0 Å². The van der Waals surface area contributed by atoms with Gasteiger partial charge < -0.3 is 4.74 Å². The molecule has 0 N–H and O–H groups in total. The van der Waals surface area contributed by atoms with Crippen LogP contribution in [0.15, 0.2) is 36.9 Å². The summed E-state index contributed by atoms with van der Waals surface area (Å²) in [6, 6.07) is 7.29. The molecule has 0 aliphatic rings. The van der Waals surface area contributed by atoms with Crippen molar-refractivity contribution in [2.75, 3.05) is 6.61 Å². The number of halogens is 3. The quantitative estimate of drug-likeness (QED) is 0.540. The van der Waals surface area contributed by atoms with Crippen molar-refractivity contribution in [1.29, 1.82) is 0 Å². The Morgan fingerprint density at radius 3 is 2.71 bits per heavy atom. The largest absolute Gasteiger partial charge is 0.494 e. The molecule has 1 aromatic carbocycles. The standard InChI is InChI=1S/C13H15F3O/c1-2-5-11-6-3-7-12(10-11)17-9-4-8-13(14,15)16/h2-3,6-7,10H,1,4-5,8-9H2. The third-order valence-electron chi connectivity index (χ3n) is 2.15. The van der Waals surface area contributed by atoms with Crippen LogP contribution in [0, 0.1) is 0 Å². The van der Waals surface area contributed by atoms with E-state index in [1.807, 2.05) is 18.2 Å². The summed E-state index contributed by atoms with van der Waals surface area (Å²) in [6.07, 6.45) is -2.44. The first-order chi connectivity index (χ1) is 8.01. The predicted octanol–water partition coefficient (Wildman–Crippen LogP) is 4.14. The Balaban J connectivity index is 2.36. The van der Waals surface area contributed by atoms with Gasteiger partial charge in [0.15, 0.2) is 0 Å². The smallest absolute Gasteiger partial charge is 0.389 e. The topological polar surface area (TPSA) is 9.23 Å². The molecule has 1 rings (SSSR count). The lowest BCUT2D eigenvalue weighted by molar-refractivity contribution is -0.136. The van der Waals surface area contributed by atoms with E-state index in [2.05, 4.69) is 6.58 Å². The fourth-order valence-corrected chi connectivity index (χ4v) is 1.39. The van der Waals surface area contributed by atoms with E-state index in [-0.39, 0.29) is 13.0 Å². The Morgan fingerprint density at radius 2 is 2.06 bits per heavy atom. The number of allylic oxidation sites excluding steroid dienone is 1. The van der Waals surface area contributed by atoms with Gasteiger partial charge in [-0.05, 0) is 30.5 Å². The van der Waals surface area contributed by atoms with Gasteiger partial charge in [-0.15, -0.1) is 6.58 Å². The van der Waals surface area contributed by atoms with Crippen LogP contribution in [0.25, 0.3) is 0 Å². The monoisotopic (exact) mass is 244 g/mol. The third-order valence-corrected chi connectivity index (χ3v) is 2.15. The molecule has 1 nitrogen and oxygen atoms in total. The lowest BCUT2D eigenvalue weighted by Gasteiger charge is -2.09. The Hall–Kier alpha value is -1.45. The lowest BCUT2D eigenvalue weighted by atomic mass is 10.1. The molecule has 0 bridgehead atoms. The van der Waals surface area contributed by atoms with E-state index in [1.54, 1.807) is 12.1 Å². The molecule has 0 aliphatic carbocycles. The SMILES string of the molecule is C=CCc1cccc(OCCCC(F)(F)F)c1. The van der Waals surface area contributed by atoms with Crippen LogP contribution in [0.5, 0.6) is 5.75 Å². The second-order valence-corrected chi connectivity index (χ2v) is 3.71. The second-order valence-electron chi connectivity index (χ2n) is 3.71. The molecular formula is C13H15F3O. The Bertz CT molecular complexity index is 358. The maximum Gasteiger partial charge on any atom is 0.389 e. The third kappa shape index (κ3) is 6.00. The number of ether oxygens (including phenoxy) is 1. The van der Waals surface area contributed by atoms with Crippen molar-refractivity contribution in [3.63, 3.8) is 0 Å². The van der Waals surface area contributed by atoms with Gasteiger partial charge in [0, 0.05) is 6.42 Å². The van der Waals surface area contributed by atoms with Gasteiger partial charge in [-0.25, -0.2) is 0 Å². The highest BCUT2D eigenvalue weighted by atomic mass is 19.4. The fraction of sp³-hybridized carbons (Fsp3) is 0.385. The van der Waals surface area contributed by atoms with Gasteiger partial charge in [0.05, 0.1) is 6.61 Å². The zero-order valence-corrected chi connectivity index (χ0v) is 9.46. The minimum Gasteiger partial charge on any atom is -0.494 e. The number of hydrogen-bond acceptors (Lipinski definition) is 1. The Kier molecular flexibility index (Phi) is 5.07. The number of rotatable bonds is 6. The molecule has 0 saturated heterocycles. The summed E-state index contributed by atoms with van der Waals surface area (Å²) >= 11 is 0. The molecule has 0 spiro atoms. The first-order valence-electron chi connectivity index (χ1n) is 5.40. The number of alkyl halides is 3. The van der Waals surface area contributed by atoms with Gasteiger partial charge in [0.1, 0.15) is 5.75 Å². The van der Waals surface area contributed by atoms with E-state index in [1.165, 1.54) is 0 Å². The van der Waals surface area contributed by atoms with Crippen molar-refractivity contribution in [3.8, 4) is 5.75 Å². The van der Waals surface area contributed by atoms with Crippen LogP contribution < -0.4 is 4.74 Å². The summed E-state index contributed by atoms with van der Waals surface area (Å²) in [4.78, 5) is 0. The van der Waals surface area contributed by atoms with Crippen molar-refractivity contribution < 1.29 is 17.9 Å². The normalized spacial score (nSPS) is 11.2. The molecule has 1 aromatic rings. The molecule has 4 heteroatoms. The van der Waals surface area contributed by atoms with Crippen molar-refractivity contribution in [2.24, 2.45) is 0 Å². The van der Waals surface area contributed by atoms with Crippen molar-refractivity contribution in [2.45, 2.75) is 25.4 Å². The van der Waals surface area contributed by atoms with Crippen LogP contribution in [-0.2, 0) is 6.42 Å². The van der Waals surface area contributed by atoms with E-state index in [0.29, 0.717) is 5.75 Å².